The maximum absolute atomic E-state index is 11.0. The molecule has 0 saturated heterocycles. The molecule has 1 atom stereocenters. The maximum atomic E-state index is 11.0. The van der Waals surface area contributed by atoms with Gasteiger partial charge in [0, 0.05) is 0 Å². The minimum atomic E-state index is -0.347. The molecule has 1 aromatic rings. The first-order valence-corrected chi connectivity index (χ1v) is 3.73. The molecule has 1 aromatic heterocycles. The van der Waals surface area contributed by atoms with Crippen LogP contribution in [-0.4, -0.2) is 16.0 Å². The third-order valence-electron chi connectivity index (χ3n) is 1.35. The quantitative estimate of drug-likeness (QED) is 0.661. The van der Waals surface area contributed by atoms with E-state index in [9.17, 15) is 4.79 Å². The zero-order chi connectivity index (χ0) is 9.68. The SMILES string of the molecule is CC#CC(=O)NC(C)c1ncon1. The van der Waals surface area contributed by atoms with Crippen LogP contribution in [0.5, 0.6) is 0 Å². The van der Waals surface area contributed by atoms with Crippen molar-refractivity contribution in [2.24, 2.45) is 0 Å². The van der Waals surface area contributed by atoms with Crippen molar-refractivity contribution in [3.8, 4) is 11.8 Å². The molecule has 1 heterocycles. The van der Waals surface area contributed by atoms with Crippen LogP contribution < -0.4 is 5.32 Å². The lowest BCUT2D eigenvalue weighted by Gasteiger charge is -2.05. The number of carbonyl (C=O) groups excluding carboxylic acids is 1. The average Bonchev–Trinajstić information content (AvgIpc) is 2.55. The minimum Gasteiger partial charge on any atom is -0.343 e. The summed E-state index contributed by atoms with van der Waals surface area (Å²) in [6, 6.07) is -0.285. The van der Waals surface area contributed by atoms with Crippen LogP contribution in [0.3, 0.4) is 0 Å². The number of amides is 1. The minimum absolute atomic E-state index is 0.285. The second kappa shape index (κ2) is 4.26. The summed E-state index contributed by atoms with van der Waals surface area (Å²) in [7, 11) is 0. The van der Waals surface area contributed by atoms with Gasteiger partial charge in [-0.3, -0.25) is 4.79 Å². The summed E-state index contributed by atoms with van der Waals surface area (Å²) in [5, 5.41) is 6.17. The van der Waals surface area contributed by atoms with Crippen LogP contribution in [0, 0.1) is 11.8 Å². The van der Waals surface area contributed by atoms with Crippen LogP contribution in [0.15, 0.2) is 10.9 Å². The third kappa shape index (κ3) is 2.60. The lowest BCUT2D eigenvalue weighted by atomic mass is 10.3. The Morgan fingerprint density at radius 1 is 1.77 bits per heavy atom. The molecule has 0 bridgehead atoms. The van der Waals surface area contributed by atoms with E-state index >= 15 is 0 Å². The Balaban J connectivity index is 2.54. The van der Waals surface area contributed by atoms with Gasteiger partial charge in [-0.25, -0.2) is 0 Å². The summed E-state index contributed by atoms with van der Waals surface area (Å²) in [6.45, 7) is 3.35. The van der Waals surface area contributed by atoms with Gasteiger partial charge in [0.25, 0.3) is 5.91 Å². The highest BCUT2D eigenvalue weighted by Gasteiger charge is 2.11. The van der Waals surface area contributed by atoms with Crippen molar-refractivity contribution in [2.75, 3.05) is 0 Å². The van der Waals surface area contributed by atoms with E-state index in [0.29, 0.717) is 5.82 Å². The first-order valence-electron chi connectivity index (χ1n) is 3.73. The van der Waals surface area contributed by atoms with Crippen molar-refractivity contribution in [2.45, 2.75) is 19.9 Å². The van der Waals surface area contributed by atoms with Crippen LogP contribution >= 0.6 is 0 Å². The van der Waals surface area contributed by atoms with Gasteiger partial charge in [-0.1, -0.05) is 11.1 Å². The van der Waals surface area contributed by atoms with Crippen molar-refractivity contribution in [1.82, 2.24) is 15.5 Å². The van der Waals surface area contributed by atoms with Crippen LogP contribution in [0.4, 0.5) is 0 Å². The van der Waals surface area contributed by atoms with E-state index in [1.54, 1.807) is 13.8 Å². The van der Waals surface area contributed by atoms with Gasteiger partial charge >= 0.3 is 0 Å². The lowest BCUT2D eigenvalue weighted by Crippen LogP contribution is -2.25. The zero-order valence-electron chi connectivity index (χ0n) is 7.37. The molecule has 1 amide bonds. The molecule has 1 N–H and O–H groups in total. The van der Waals surface area contributed by atoms with E-state index < -0.39 is 0 Å². The summed E-state index contributed by atoms with van der Waals surface area (Å²) >= 11 is 0. The monoisotopic (exact) mass is 179 g/mol. The first kappa shape index (κ1) is 9.26. The normalized spacial score (nSPS) is 11.2. The number of hydrogen-bond donors (Lipinski definition) is 1. The van der Waals surface area contributed by atoms with Gasteiger partial charge in [-0.2, -0.15) is 4.98 Å². The predicted octanol–water partition coefficient (Wildman–Crippen LogP) is 0.270. The van der Waals surface area contributed by atoms with E-state index in [4.69, 9.17) is 0 Å². The van der Waals surface area contributed by atoms with Crippen LogP contribution in [0.1, 0.15) is 25.7 Å². The fourth-order valence-corrected chi connectivity index (χ4v) is 0.780. The smallest absolute Gasteiger partial charge is 0.296 e. The summed E-state index contributed by atoms with van der Waals surface area (Å²) in [4.78, 5) is 14.8. The van der Waals surface area contributed by atoms with Crippen molar-refractivity contribution < 1.29 is 9.32 Å². The van der Waals surface area contributed by atoms with Crippen LogP contribution in [-0.2, 0) is 4.79 Å². The number of nitrogens with one attached hydrogen (secondary N) is 1. The van der Waals surface area contributed by atoms with Crippen molar-refractivity contribution in [1.29, 1.82) is 0 Å². The number of nitrogens with zero attached hydrogens (tertiary/aromatic N) is 2. The highest BCUT2D eigenvalue weighted by molar-refractivity contribution is 5.93. The maximum Gasteiger partial charge on any atom is 0.296 e. The van der Waals surface area contributed by atoms with E-state index in [1.165, 1.54) is 6.39 Å². The lowest BCUT2D eigenvalue weighted by molar-refractivity contribution is -0.116. The largest absolute Gasteiger partial charge is 0.343 e. The Kier molecular flexibility index (Phi) is 3.03. The average molecular weight is 179 g/mol. The van der Waals surface area contributed by atoms with Gasteiger partial charge in [0.2, 0.25) is 6.39 Å². The highest BCUT2D eigenvalue weighted by atomic mass is 16.5. The predicted molar refractivity (Wildman–Crippen MR) is 44.3 cm³/mol. The van der Waals surface area contributed by atoms with Gasteiger partial charge in [0.15, 0.2) is 5.82 Å². The molecule has 0 aromatic carbocycles. The Labute approximate surface area is 75.5 Å². The van der Waals surface area contributed by atoms with E-state index in [1.807, 2.05) is 0 Å². The Morgan fingerprint density at radius 2 is 2.54 bits per heavy atom. The van der Waals surface area contributed by atoms with Crippen molar-refractivity contribution in [3.05, 3.63) is 12.2 Å². The number of aromatic nitrogens is 2. The van der Waals surface area contributed by atoms with Crippen LogP contribution in [0.2, 0.25) is 0 Å². The molecular formula is C8H9N3O2. The molecule has 13 heavy (non-hydrogen) atoms. The molecule has 0 aliphatic rings. The second-order valence-electron chi connectivity index (χ2n) is 2.36. The summed E-state index contributed by atoms with van der Waals surface area (Å²) in [5.41, 5.74) is 0. The van der Waals surface area contributed by atoms with E-state index in [-0.39, 0.29) is 11.9 Å². The molecule has 68 valence electrons. The number of rotatable bonds is 2. The Morgan fingerprint density at radius 3 is 3.08 bits per heavy atom. The molecule has 1 rings (SSSR count). The molecule has 0 saturated carbocycles. The number of hydrogen-bond acceptors (Lipinski definition) is 4. The highest BCUT2D eigenvalue weighted by Crippen LogP contribution is 2.03. The third-order valence-corrected chi connectivity index (χ3v) is 1.35. The van der Waals surface area contributed by atoms with Gasteiger partial charge < -0.3 is 9.84 Å². The molecule has 0 fully saturated rings. The Bertz CT molecular complexity index is 334. The van der Waals surface area contributed by atoms with Gasteiger partial charge in [0.05, 0.1) is 6.04 Å². The second-order valence-corrected chi connectivity index (χ2v) is 2.36. The molecule has 5 nitrogen and oxygen atoms in total. The van der Waals surface area contributed by atoms with E-state index in [0.717, 1.165) is 0 Å². The van der Waals surface area contributed by atoms with E-state index in [2.05, 4.69) is 31.8 Å². The molecule has 1 unspecified atom stereocenters. The summed E-state index contributed by atoms with van der Waals surface area (Å²) in [6.07, 6.45) is 1.21. The fourth-order valence-electron chi connectivity index (χ4n) is 0.780. The van der Waals surface area contributed by atoms with Crippen molar-refractivity contribution in [3.63, 3.8) is 0 Å². The molecule has 0 spiro atoms. The molecule has 5 heteroatoms. The molecule has 0 radical (unpaired) electrons. The first-order chi connectivity index (χ1) is 6.24. The van der Waals surface area contributed by atoms with Crippen LogP contribution in [0.25, 0.3) is 0 Å². The standard InChI is InChI=1S/C8H9N3O2/c1-3-4-7(12)10-6(2)8-9-5-13-11-8/h5-6H,1-2H3,(H,10,12). The summed E-state index contributed by atoms with van der Waals surface area (Å²) in [5.74, 6) is 4.93. The molecule has 0 aliphatic carbocycles. The zero-order valence-corrected chi connectivity index (χ0v) is 7.37. The van der Waals surface area contributed by atoms with Gasteiger partial charge in [0.1, 0.15) is 0 Å². The van der Waals surface area contributed by atoms with Gasteiger partial charge in [-0.15, -0.1) is 0 Å². The molecular weight excluding hydrogens is 170 g/mol. The Hall–Kier alpha value is -1.83. The molecule has 0 aliphatic heterocycles. The fraction of sp³-hybridized carbons (Fsp3) is 0.375. The topological polar surface area (TPSA) is 68.0 Å². The van der Waals surface area contributed by atoms with Crippen molar-refractivity contribution >= 4 is 5.91 Å². The summed E-state index contributed by atoms with van der Waals surface area (Å²) < 4.78 is 4.53. The van der Waals surface area contributed by atoms with Gasteiger partial charge in [-0.05, 0) is 19.8 Å². The number of carbonyl (C=O) groups is 1.